The fourth-order valence-corrected chi connectivity index (χ4v) is 3.31. The molecule has 20 heavy (non-hydrogen) atoms. The highest BCUT2D eigenvalue weighted by atomic mass is 79.9. The summed E-state index contributed by atoms with van der Waals surface area (Å²) in [6, 6.07) is 13.3. The fraction of sp³-hybridized carbons (Fsp3) is 0.250. The highest BCUT2D eigenvalue weighted by Crippen LogP contribution is 2.30. The number of nitrogens with one attached hydrogen (secondary N) is 1. The number of thioether (sulfide) groups is 1. The molecule has 1 N–H and O–H groups in total. The van der Waals surface area contributed by atoms with Crippen LogP contribution in [0.1, 0.15) is 17.2 Å². The first kappa shape index (κ1) is 15.5. The molecule has 0 fully saturated rings. The van der Waals surface area contributed by atoms with Crippen LogP contribution in [0.5, 0.6) is 0 Å². The van der Waals surface area contributed by atoms with Gasteiger partial charge in [0.1, 0.15) is 5.82 Å². The predicted molar refractivity (Wildman–Crippen MR) is 87.8 cm³/mol. The van der Waals surface area contributed by atoms with Gasteiger partial charge in [-0.1, -0.05) is 34.1 Å². The first-order valence-corrected chi connectivity index (χ1v) is 8.41. The van der Waals surface area contributed by atoms with E-state index in [2.05, 4.69) is 39.6 Å². The van der Waals surface area contributed by atoms with Crippen molar-refractivity contribution in [1.29, 1.82) is 0 Å². The summed E-state index contributed by atoms with van der Waals surface area (Å²) in [7, 11) is 1.94. The topological polar surface area (TPSA) is 12.0 Å². The van der Waals surface area contributed by atoms with Crippen molar-refractivity contribution in [2.75, 3.05) is 13.3 Å². The average molecular weight is 354 g/mol. The highest BCUT2D eigenvalue weighted by Gasteiger charge is 2.15. The summed E-state index contributed by atoms with van der Waals surface area (Å²) in [6.45, 7) is 0. The summed E-state index contributed by atoms with van der Waals surface area (Å²) in [4.78, 5) is 1.25. The molecular formula is C16H17BrFNS. The molecule has 106 valence electrons. The van der Waals surface area contributed by atoms with E-state index in [0.29, 0.717) is 0 Å². The molecule has 0 radical (unpaired) electrons. The number of hydrogen-bond donors (Lipinski definition) is 1. The molecule has 0 saturated heterocycles. The number of halogens is 2. The standard InChI is InChI=1S/C16H17BrFNS/c1-19-15(13-5-3-4-6-16(13)20-2)10-11-9-12(18)7-8-14(11)17/h3-9,15,19H,10H2,1-2H3. The fourth-order valence-electron chi connectivity index (χ4n) is 2.24. The van der Waals surface area contributed by atoms with E-state index in [9.17, 15) is 4.39 Å². The van der Waals surface area contributed by atoms with Crippen molar-refractivity contribution in [3.63, 3.8) is 0 Å². The quantitative estimate of drug-likeness (QED) is 0.773. The maximum Gasteiger partial charge on any atom is 0.123 e. The molecule has 4 heteroatoms. The molecule has 1 atom stereocenters. The van der Waals surface area contributed by atoms with E-state index >= 15 is 0 Å². The molecule has 2 aromatic carbocycles. The van der Waals surface area contributed by atoms with E-state index in [0.717, 1.165) is 16.5 Å². The zero-order valence-corrected chi connectivity index (χ0v) is 13.9. The van der Waals surface area contributed by atoms with Gasteiger partial charge in [-0.2, -0.15) is 0 Å². The third kappa shape index (κ3) is 3.62. The molecule has 0 aliphatic heterocycles. The Morgan fingerprint density at radius 2 is 2.00 bits per heavy atom. The van der Waals surface area contributed by atoms with E-state index in [1.807, 2.05) is 19.2 Å². The second kappa shape index (κ2) is 7.25. The largest absolute Gasteiger partial charge is 0.313 e. The lowest BCUT2D eigenvalue weighted by molar-refractivity contribution is 0.575. The van der Waals surface area contributed by atoms with Gasteiger partial charge in [0.05, 0.1) is 0 Å². The number of likely N-dealkylation sites (N-methyl/N-ethyl adjacent to an activating group) is 1. The molecule has 0 bridgehead atoms. The van der Waals surface area contributed by atoms with Gasteiger partial charge >= 0.3 is 0 Å². The Hall–Kier alpha value is -0.840. The van der Waals surface area contributed by atoms with Crippen molar-refractivity contribution in [2.45, 2.75) is 17.4 Å². The molecule has 0 aliphatic rings. The van der Waals surface area contributed by atoms with Crippen molar-refractivity contribution in [3.05, 3.63) is 63.9 Å². The van der Waals surface area contributed by atoms with Crippen LogP contribution in [0, 0.1) is 5.82 Å². The second-order valence-electron chi connectivity index (χ2n) is 4.52. The van der Waals surface area contributed by atoms with Crippen molar-refractivity contribution < 1.29 is 4.39 Å². The Balaban J connectivity index is 2.31. The van der Waals surface area contributed by atoms with Crippen molar-refractivity contribution in [2.24, 2.45) is 0 Å². The summed E-state index contributed by atoms with van der Waals surface area (Å²) in [5.41, 5.74) is 2.22. The molecule has 1 unspecified atom stereocenters. The molecule has 0 amide bonds. The second-order valence-corrected chi connectivity index (χ2v) is 6.23. The Kier molecular flexibility index (Phi) is 5.64. The Morgan fingerprint density at radius 1 is 1.25 bits per heavy atom. The zero-order valence-electron chi connectivity index (χ0n) is 11.5. The Bertz CT molecular complexity index is 588. The SMILES string of the molecule is CNC(Cc1cc(F)ccc1Br)c1ccccc1SC. The zero-order chi connectivity index (χ0) is 14.5. The molecule has 1 nitrogen and oxygen atoms in total. The van der Waals surface area contributed by atoms with Gasteiger partial charge in [-0.25, -0.2) is 4.39 Å². The highest BCUT2D eigenvalue weighted by molar-refractivity contribution is 9.10. The monoisotopic (exact) mass is 353 g/mol. The van der Waals surface area contributed by atoms with Gasteiger partial charge in [-0.15, -0.1) is 11.8 Å². The van der Waals surface area contributed by atoms with Crippen LogP contribution >= 0.6 is 27.7 Å². The van der Waals surface area contributed by atoms with Gasteiger partial charge in [-0.3, -0.25) is 0 Å². The molecule has 0 aromatic heterocycles. The number of rotatable bonds is 5. The molecule has 2 aromatic rings. The lowest BCUT2D eigenvalue weighted by Gasteiger charge is -2.20. The van der Waals surface area contributed by atoms with E-state index in [1.165, 1.54) is 16.5 Å². The summed E-state index contributed by atoms with van der Waals surface area (Å²) < 4.78 is 14.3. The van der Waals surface area contributed by atoms with E-state index in [4.69, 9.17) is 0 Å². The Morgan fingerprint density at radius 3 is 2.70 bits per heavy atom. The van der Waals surface area contributed by atoms with E-state index < -0.39 is 0 Å². The van der Waals surface area contributed by atoms with Crippen molar-refractivity contribution >= 4 is 27.7 Å². The van der Waals surface area contributed by atoms with Crippen LogP contribution in [0.15, 0.2) is 51.8 Å². The lowest BCUT2D eigenvalue weighted by atomic mass is 9.99. The normalized spacial score (nSPS) is 12.4. The smallest absolute Gasteiger partial charge is 0.123 e. The predicted octanol–water partition coefficient (Wildman–Crippen LogP) is 4.81. The molecule has 0 aliphatic carbocycles. The lowest BCUT2D eigenvalue weighted by Crippen LogP contribution is -2.19. The minimum absolute atomic E-state index is 0.164. The molecule has 0 heterocycles. The maximum absolute atomic E-state index is 13.4. The maximum atomic E-state index is 13.4. The van der Waals surface area contributed by atoms with Gasteiger partial charge in [0.15, 0.2) is 0 Å². The van der Waals surface area contributed by atoms with Gasteiger partial charge in [0.2, 0.25) is 0 Å². The van der Waals surface area contributed by atoms with Crippen LogP contribution in [-0.2, 0) is 6.42 Å². The first-order chi connectivity index (χ1) is 9.65. The minimum atomic E-state index is -0.198. The van der Waals surface area contributed by atoms with Crippen molar-refractivity contribution in [3.8, 4) is 0 Å². The summed E-state index contributed by atoms with van der Waals surface area (Å²) in [6.07, 6.45) is 2.82. The summed E-state index contributed by atoms with van der Waals surface area (Å²) >= 11 is 5.23. The molecule has 2 rings (SSSR count). The Labute approximate surface area is 132 Å². The van der Waals surface area contributed by atoms with E-state index in [1.54, 1.807) is 23.9 Å². The number of benzene rings is 2. The van der Waals surface area contributed by atoms with Crippen molar-refractivity contribution in [1.82, 2.24) is 5.32 Å². The molecular weight excluding hydrogens is 337 g/mol. The van der Waals surface area contributed by atoms with Gasteiger partial charge in [0, 0.05) is 15.4 Å². The third-order valence-corrected chi connectivity index (χ3v) is 4.88. The minimum Gasteiger partial charge on any atom is -0.313 e. The molecule has 0 saturated carbocycles. The van der Waals surface area contributed by atoms with Gasteiger partial charge in [-0.05, 0) is 55.1 Å². The third-order valence-electron chi connectivity index (χ3n) is 3.29. The first-order valence-electron chi connectivity index (χ1n) is 6.39. The van der Waals surface area contributed by atoms with Crippen LogP contribution in [-0.4, -0.2) is 13.3 Å². The van der Waals surface area contributed by atoms with Gasteiger partial charge in [0.25, 0.3) is 0 Å². The van der Waals surface area contributed by atoms with Crippen LogP contribution in [0.2, 0.25) is 0 Å². The average Bonchev–Trinajstić information content (AvgIpc) is 2.48. The van der Waals surface area contributed by atoms with Crippen LogP contribution in [0.3, 0.4) is 0 Å². The summed E-state index contributed by atoms with van der Waals surface area (Å²) in [5, 5.41) is 3.33. The number of hydrogen-bond acceptors (Lipinski definition) is 2. The van der Waals surface area contributed by atoms with Crippen LogP contribution < -0.4 is 5.32 Å². The van der Waals surface area contributed by atoms with Crippen LogP contribution in [0.4, 0.5) is 4.39 Å². The summed E-state index contributed by atoms with van der Waals surface area (Å²) in [5.74, 6) is -0.198. The van der Waals surface area contributed by atoms with Gasteiger partial charge < -0.3 is 5.32 Å². The molecule has 0 spiro atoms. The van der Waals surface area contributed by atoms with Crippen LogP contribution in [0.25, 0.3) is 0 Å². The van der Waals surface area contributed by atoms with E-state index in [-0.39, 0.29) is 11.9 Å².